The van der Waals surface area contributed by atoms with Crippen molar-refractivity contribution in [1.82, 2.24) is 0 Å². The first-order valence-electron chi connectivity index (χ1n) is 9.53. The number of carbonyl (C=O) groups excluding carboxylic acids is 1. The van der Waals surface area contributed by atoms with Crippen LogP contribution in [0.25, 0.3) is 0 Å². The summed E-state index contributed by atoms with van der Waals surface area (Å²) in [4.78, 5) is 11.7. The highest BCUT2D eigenvalue weighted by Crippen LogP contribution is 2.40. The van der Waals surface area contributed by atoms with Crippen molar-refractivity contribution < 1.29 is 20.1 Å². The first kappa shape index (κ1) is 22.3. The molecule has 0 spiro atoms. The maximum absolute atomic E-state index is 11.7. The quantitative estimate of drug-likeness (QED) is 0.690. The predicted octanol–water partition coefficient (Wildman–Crippen LogP) is 3.44. The van der Waals surface area contributed by atoms with Crippen molar-refractivity contribution in [3.8, 4) is 0 Å². The van der Waals surface area contributed by atoms with Crippen molar-refractivity contribution in [2.24, 2.45) is 0 Å². The Balaban J connectivity index is 2.67. The van der Waals surface area contributed by atoms with E-state index in [-0.39, 0.29) is 17.1 Å². The molecule has 0 aromatic heterocycles. The molecule has 0 aliphatic heterocycles. The fourth-order valence-electron chi connectivity index (χ4n) is 3.33. The third kappa shape index (κ3) is 3.90. The van der Waals surface area contributed by atoms with Gasteiger partial charge >= 0.3 is 0 Å². The lowest BCUT2D eigenvalue weighted by atomic mass is 9.72. The number of hydrogen-bond acceptors (Lipinski definition) is 4. The van der Waals surface area contributed by atoms with E-state index in [1.54, 1.807) is 24.3 Å². The molecule has 28 heavy (non-hydrogen) atoms. The zero-order valence-electron chi connectivity index (χ0n) is 17.7. The van der Waals surface area contributed by atoms with Crippen molar-refractivity contribution in [3.05, 3.63) is 70.8 Å². The molecule has 0 aliphatic rings. The molecule has 2 rings (SSSR count). The Morgan fingerprint density at radius 1 is 0.679 bits per heavy atom. The summed E-state index contributed by atoms with van der Waals surface area (Å²) in [6, 6.07) is 14.3. The molecule has 0 fully saturated rings. The topological polar surface area (TPSA) is 77.8 Å². The van der Waals surface area contributed by atoms with E-state index in [2.05, 4.69) is 41.5 Å². The average molecular weight is 385 g/mol. The highest BCUT2D eigenvalue weighted by Gasteiger charge is 2.52. The highest BCUT2D eigenvalue weighted by molar-refractivity contribution is 5.68. The van der Waals surface area contributed by atoms with Crippen molar-refractivity contribution in [2.45, 2.75) is 63.6 Å². The van der Waals surface area contributed by atoms with Crippen LogP contribution in [-0.4, -0.2) is 33.8 Å². The van der Waals surface area contributed by atoms with Crippen molar-refractivity contribution >= 4 is 6.29 Å². The monoisotopic (exact) mass is 384 g/mol. The molecule has 2 aromatic rings. The molecule has 3 N–H and O–H groups in total. The Bertz CT molecular complexity index is 750. The Kier molecular flexibility index (Phi) is 5.91. The van der Waals surface area contributed by atoms with E-state index >= 15 is 0 Å². The fourth-order valence-corrected chi connectivity index (χ4v) is 3.33. The third-order valence-electron chi connectivity index (χ3n) is 5.40. The van der Waals surface area contributed by atoms with E-state index in [0.29, 0.717) is 11.1 Å². The highest BCUT2D eigenvalue weighted by atomic mass is 16.4. The number of rotatable bonds is 5. The third-order valence-corrected chi connectivity index (χ3v) is 5.40. The zero-order valence-corrected chi connectivity index (χ0v) is 17.7. The molecule has 0 saturated heterocycles. The van der Waals surface area contributed by atoms with Crippen molar-refractivity contribution in [1.29, 1.82) is 0 Å². The van der Waals surface area contributed by atoms with Gasteiger partial charge in [-0.1, -0.05) is 90.1 Å². The molecule has 1 atom stereocenters. The van der Waals surface area contributed by atoms with E-state index in [0.717, 1.165) is 11.1 Å². The van der Waals surface area contributed by atoms with E-state index in [9.17, 15) is 20.1 Å². The lowest BCUT2D eigenvalue weighted by Gasteiger charge is -2.40. The molecule has 4 nitrogen and oxygen atoms in total. The summed E-state index contributed by atoms with van der Waals surface area (Å²) >= 11 is 0. The molecular formula is C24H32O4. The first-order chi connectivity index (χ1) is 12.8. The van der Waals surface area contributed by atoms with Crippen LogP contribution in [0, 0.1) is 0 Å². The summed E-state index contributed by atoms with van der Waals surface area (Å²) in [6.07, 6.45) is 0.211. The van der Waals surface area contributed by atoms with Gasteiger partial charge in [-0.3, -0.25) is 4.79 Å². The SMILES string of the molecule is CC(C)(C)c1ccc(C(O)(c2ccc(C(C)(C)C)cc2)C(O)(C=O)CO)cc1. The molecule has 0 heterocycles. The second kappa shape index (κ2) is 7.43. The van der Waals surface area contributed by atoms with E-state index < -0.39 is 17.8 Å². The molecule has 1 unspecified atom stereocenters. The number of hydrogen-bond donors (Lipinski definition) is 3. The van der Waals surface area contributed by atoms with Crippen LogP contribution in [0.5, 0.6) is 0 Å². The second-order valence-electron chi connectivity index (χ2n) is 9.57. The number of aliphatic hydroxyl groups excluding tert-OH is 1. The van der Waals surface area contributed by atoms with Crippen LogP contribution in [0.3, 0.4) is 0 Å². The van der Waals surface area contributed by atoms with Gasteiger partial charge in [0.15, 0.2) is 17.5 Å². The molecule has 152 valence electrons. The number of aldehydes is 1. The zero-order chi connectivity index (χ0) is 21.4. The van der Waals surface area contributed by atoms with Gasteiger partial charge in [-0.05, 0) is 33.1 Å². The predicted molar refractivity (Wildman–Crippen MR) is 111 cm³/mol. The van der Waals surface area contributed by atoms with Gasteiger partial charge in [-0.25, -0.2) is 0 Å². The van der Waals surface area contributed by atoms with Crippen LogP contribution in [0.4, 0.5) is 0 Å². The van der Waals surface area contributed by atoms with Crippen LogP contribution in [-0.2, 0) is 21.2 Å². The molecule has 0 bridgehead atoms. The van der Waals surface area contributed by atoms with Gasteiger partial charge in [-0.15, -0.1) is 0 Å². The van der Waals surface area contributed by atoms with Gasteiger partial charge in [-0.2, -0.15) is 0 Å². The summed E-state index contributed by atoms with van der Waals surface area (Å²) < 4.78 is 0. The maximum Gasteiger partial charge on any atom is 0.180 e. The summed E-state index contributed by atoms with van der Waals surface area (Å²) in [6.45, 7) is 11.6. The van der Waals surface area contributed by atoms with Gasteiger partial charge in [0.2, 0.25) is 0 Å². The largest absolute Gasteiger partial charge is 0.393 e. The lowest BCUT2D eigenvalue weighted by Crippen LogP contribution is -2.56. The molecule has 0 amide bonds. The van der Waals surface area contributed by atoms with Crippen LogP contribution < -0.4 is 0 Å². The summed E-state index contributed by atoms with van der Waals surface area (Å²) in [5.74, 6) is 0. The molecule has 0 saturated carbocycles. The molecule has 2 aromatic carbocycles. The average Bonchev–Trinajstić information content (AvgIpc) is 2.65. The Hall–Kier alpha value is -2.01. The Morgan fingerprint density at radius 3 is 1.18 bits per heavy atom. The lowest BCUT2D eigenvalue weighted by molar-refractivity contribution is -0.164. The molecule has 0 aliphatic carbocycles. The summed E-state index contributed by atoms with van der Waals surface area (Å²) in [5.41, 5.74) is -1.83. The number of benzene rings is 2. The van der Waals surface area contributed by atoms with Crippen LogP contribution in [0.15, 0.2) is 48.5 Å². The number of aliphatic hydroxyl groups is 3. The van der Waals surface area contributed by atoms with E-state index in [4.69, 9.17) is 0 Å². The minimum Gasteiger partial charge on any atom is -0.393 e. The van der Waals surface area contributed by atoms with Crippen LogP contribution in [0.1, 0.15) is 63.8 Å². The van der Waals surface area contributed by atoms with Gasteiger partial charge in [0.25, 0.3) is 0 Å². The number of carbonyl (C=O) groups is 1. The van der Waals surface area contributed by atoms with Crippen LogP contribution in [0.2, 0.25) is 0 Å². The normalized spacial score (nSPS) is 15.2. The standard InChI is InChI=1S/C24H32O4/c1-21(2,3)17-7-11-19(12-8-17)24(28,23(27,15-25)16-26)20-13-9-18(10-14-20)22(4,5)6/h7-15,26-28H,16H2,1-6H3. The van der Waals surface area contributed by atoms with Gasteiger partial charge in [0, 0.05) is 0 Å². The van der Waals surface area contributed by atoms with E-state index in [1.807, 2.05) is 24.3 Å². The minimum atomic E-state index is -2.38. The minimum absolute atomic E-state index is 0.0804. The summed E-state index contributed by atoms with van der Waals surface area (Å²) in [7, 11) is 0. The summed E-state index contributed by atoms with van der Waals surface area (Å²) in [5, 5.41) is 32.2. The van der Waals surface area contributed by atoms with Gasteiger partial charge in [0.1, 0.15) is 0 Å². The molecule has 4 heteroatoms. The molecule has 0 radical (unpaired) electrons. The first-order valence-corrected chi connectivity index (χ1v) is 9.53. The second-order valence-corrected chi connectivity index (χ2v) is 9.57. The van der Waals surface area contributed by atoms with E-state index in [1.165, 1.54) is 0 Å². The maximum atomic E-state index is 11.7. The van der Waals surface area contributed by atoms with Crippen molar-refractivity contribution in [3.63, 3.8) is 0 Å². The fraction of sp³-hybridized carbons (Fsp3) is 0.458. The van der Waals surface area contributed by atoms with Gasteiger partial charge in [0.05, 0.1) is 6.61 Å². The Morgan fingerprint density at radius 2 is 0.964 bits per heavy atom. The Labute approximate surface area is 167 Å². The van der Waals surface area contributed by atoms with Gasteiger partial charge < -0.3 is 15.3 Å². The molecular weight excluding hydrogens is 352 g/mol. The smallest absolute Gasteiger partial charge is 0.180 e. The van der Waals surface area contributed by atoms with Crippen LogP contribution >= 0.6 is 0 Å². The van der Waals surface area contributed by atoms with Crippen molar-refractivity contribution in [2.75, 3.05) is 6.61 Å².